The molecule has 0 unspecified atom stereocenters. The second kappa shape index (κ2) is 4.85. The lowest BCUT2D eigenvalue weighted by atomic mass is 10.2. The lowest BCUT2D eigenvalue weighted by Gasteiger charge is -2.25. The zero-order valence-corrected chi connectivity index (χ0v) is 9.50. The van der Waals surface area contributed by atoms with Crippen molar-refractivity contribution in [2.75, 3.05) is 13.6 Å². The smallest absolute Gasteiger partial charge is 0.410 e. The molecular formula is C10H18N2O2. The predicted molar refractivity (Wildman–Crippen MR) is 53.6 cm³/mol. The molecule has 0 aromatic carbocycles. The zero-order chi connectivity index (χ0) is 11.4. The quantitative estimate of drug-likeness (QED) is 0.682. The fourth-order valence-electron chi connectivity index (χ4n) is 0.866. The van der Waals surface area contributed by atoms with Crippen molar-refractivity contribution in [1.82, 2.24) is 4.90 Å². The van der Waals surface area contributed by atoms with Gasteiger partial charge in [-0.05, 0) is 27.7 Å². The maximum absolute atomic E-state index is 11.4. The Bertz CT molecular complexity index is 237. The van der Waals surface area contributed by atoms with Crippen LogP contribution in [-0.4, -0.2) is 30.2 Å². The Hall–Kier alpha value is -1.24. The van der Waals surface area contributed by atoms with Gasteiger partial charge in [-0.2, -0.15) is 5.26 Å². The Morgan fingerprint density at radius 2 is 2.07 bits per heavy atom. The van der Waals surface area contributed by atoms with Gasteiger partial charge in [0.05, 0.1) is 12.0 Å². The van der Waals surface area contributed by atoms with E-state index in [4.69, 9.17) is 10.00 Å². The summed E-state index contributed by atoms with van der Waals surface area (Å²) in [6.07, 6.45) is -0.389. The molecule has 0 bridgehead atoms. The fraction of sp³-hybridized carbons (Fsp3) is 0.800. The first-order valence-corrected chi connectivity index (χ1v) is 4.60. The summed E-state index contributed by atoms with van der Waals surface area (Å²) in [5.41, 5.74) is -0.485. The van der Waals surface area contributed by atoms with E-state index in [2.05, 4.69) is 6.07 Å². The lowest BCUT2D eigenvalue weighted by molar-refractivity contribution is 0.0287. The average molecular weight is 198 g/mol. The van der Waals surface area contributed by atoms with Crippen LogP contribution in [0.3, 0.4) is 0 Å². The van der Waals surface area contributed by atoms with Crippen molar-refractivity contribution in [3.63, 3.8) is 0 Å². The highest BCUT2D eigenvalue weighted by Crippen LogP contribution is 2.09. The molecule has 0 N–H and O–H groups in total. The molecule has 0 fully saturated rings. The Labute approximate surface area is 85.5 Å². The minimum absolute atomic E-state index is 0.174. The summed E-state index contributed by atoms with van der Waals surface area (Å²) >= 11 is 0. The number of hydrogen-bond acceptors (Lipinski definition) is 3. The van der Waals surface area contributed by atoms with E-state index in [9.17, 15) is 4.79 Å². The van der Waals surface area contributed by atoms with Gasteiger partial charge in [0.2, 0.25) is 0 Å². The highest BCUT2D eigenvalue weighted by atomic mass is 16.6. The van der Waals surface area contributed by atoms with Crippen LogP contribution in [0.2, 0.25) is 0 Å². The molecule has 0 aromatic heterocycles. The molecule has 0 rings (SSSR count). The predicted octanol–water partition coefficient (Wildman–Crippen LogP) is 2.01. The molecule has 14 heavy (non-hydrogen) atoms. The van der Waals surface area contributed by atoms with E-state index in [1.807, 2.05) is 20.8 Å². The number of nitriles is 1. The van der Waals surface area contributed by atoms with E-state index in [0.717, 1.165) is 0 Å². The van der Waals surface area contributed by atoms with E-state index in [1.54, 1.807) is 14.0 Å². The first-order valence-electron chi connectivity index (χ1n) is 4.60. The zero-order valence-electron chi connectivity index (χ0n) is 9.50. The van der Waals surface area contributed by atoms with E-state index >= 15 is 0 Å². The second-order valence-corrected chi connectivity index (χ2v) is 4.39. The number of amides is 1. The molecule has 0 heterocycles. The standard InChI is InChI=1S/C10H18N2O2/c1-8(6-11)7-12(5)9(13)14-10(2,3)4/h8H,7H2,1-5H3/t8-/m1/s1. The van der Waals surface area contributed by atoms with Crippen molar-refractivity contribution in [3.05, 3.63) is 0 Å². The van der Waals surface area contributed by atoms with Crippen molar-refractivity contribution >= 4 is 6.09 Å². The van der Waals surface area contributed by atoms with Crippen molar-refractivity contribution in [3.8, 4) is 6.07 Å². The van der Waals surface area contributed by atoms with Crippen LogP contribution in [-0.2, 0) is 4.74 Å². The highest BCUT2D eigenvalue weighted by Gasteiger charge is 2.20. The third-order valence-electron chi connectivity index (χ3n) is 1.47. The van der Waals surface area contributed by atoms with Gasteiger partial charge in [0.1, 0.15) is 5.60 Å². The Balaban J connectivity index is 4.08. The third kappa shape index (κ3) is 5.41. The van der Waals surface area contributed by atoms with Crippen LogP contribution in [0, 0.1) is 17.2 Å². The van der Waals surface area contributed by atoms with Crippen LogP contribution in [0.25, 0.3) is 0 Å². The topological polar surface area (TPSA) is 53.3 Å². The van der Waals surface area contributed by atoms with Gasteiger partial charge in [0, 0.05) is 13.6 Å². The van der Waals surface area contributed by atoms with Crippen LogP contribution in [0.15, 0.2) is 0 Å². The minimum Gasteiger partial charge on any atom is -0.444 e. The van der Waals surface area contributed by atoms with Gasteiger partial charge in [0.25, 0.3) is 0 Å². The summed E-state index contributed by atoms with van der Waals surface area (Å²) in [6.45, 7) is 7.59. The summed E-state index contributed by atoms with van der Waals surface area (Å²) in [7, 11) is 1.63. The van der Waals surface area contributed by atoms with Gasteiger partial charge in [-0.15, -0.1) is 0 Å². The molecule has 4 nitrogen and oxygen atoms in total. The average Bonchev–Trinajstić information content (AvgIpc) is 2.00. The molecule has 0 radical (unpaired) electrons. The number of carbonyl (C=O) groups excluding carboxylic acids is 1. The van der Waals surface area contributed by atoms with Gasteiger partial charge in [-0.1, -0.05) is 0 Å². The van der Waals surface area contributed by atoms with E-state index in [0.29, 0.717) is 6.54 Å². The van der Waals surface area contributed by atoms with Gasteiger partial charge < -0.3 is 9.64 Å². The largest absolute Gasteiger partial charge is 0.444 e. The van der Waals surface area contributed by atoms with Gasteiger partial charge in [-0.25, -0.2) is 4.79 Å². The van der Waals surface area contributed by atoms with E-state index < -0.39 is 5.60 Å². The van der Waals surface area contributed by atoms with Crippen LogP contribution in [0.4, 0.5) is 4.79 Å². The molecular weight excluding hydrogens is 180 g/mol. The normalized spacial score (nSPS) is 12.9. The van der Waals surface area contributed by atoms with Crippen LogP contribution >= 0.6 is 0 Å². The molecule has 1 amide bonds. The van der Waals surface area contributed by atoms with Crippen molar-refractivity contribution in [2.45, 2.75) is 33.3 Å². The highest BCUT2D eigenvalue weighted by molar-refractivity contribution is 5.67. The summed E-state index contributed by atoms with van der Waals surface area (Å²) < 4.78 is 5.12. The molecule has 0 aromatic rings. The van der Waals surface area contributed by atoms with Crippen LogP contribution in [0.5, 0.6) is 0 Å². The summed E-state index contributed by atoms with van der Waals surface area (Å²) in [6, 6.07) is 2.06. The maximum Gasteiger partial charge on any atom is 0.410 e. The molecule has 0 saturated carbocycles. The summed E-state index contributed by atoms with van der Waals surface area (Å²) in [5.74, 6) is -0.174. The number of hydrogen-bond donors (Lipinski definition) is 0. The molecule has 80 valence electrons. The molecule has 0 aliphatic rings. The molecule has 1 atom stereocenters. The van der Waals surface area contributed by atoms with Gasteiger partial charge in [-0.3, -0.25) is 0 Å². The molecule has 0 aliphatic carbocycles. The molecule has 4 heteroatoms. The lowest BCUT2D eigenvalue weighted by Crippen LogP contribution is -2.36. The van der Waals surface area contributed by atoms with Crippen molar-refractivity contribution < 1.29 is 9.53 Å². The minimum atomic E-state index is -0.485. The Kier molecular flexibility index (Phi) is 4.42. The molecule has 0 aliphatic heterocycles. The van der Waals surface area contributed by atoms with Gasteiger partial charge >= 0.3 is 6.09 Å². The van der Waals surface area contributed by atoms with E-state index in [1.165, 1.54) is 4.90 Å². The number of nitrogens with zero attached hydrogens (tertiary/aromatic N) is 2. The third-order valence-corrected chi connectivity index (χ3v) is 1.47. The first-order chi connectivity index (χ1) is 6.26. The maximum atomic E-state index is 11.4. The number of rotatable bonds is 2. The Morgan fingerprint density at radius 3 is 2.43 bits per heavy atom. The Morgan fingerprint density at radius 1 is 1.57 bits per heavy atom. The fourth-order valence-corrected chi connectivity index (χ4v) is 0.866. The van der Waals surface area contributed by atoms with Crippen molar-refractivity contribution in [2.24, 2.45) is 5.92 Å². The number of ether oxygens (including phenoxy) is 1. The number of carbonyl (C=O) groups is 1. The summed E-state index contributed by atoms with van der Waals surface area (Å²) in [5, 5.41) is 8.57. The first kappa shape index (κ1) is 12.8. The SMILES string of the molecule is C[C@H](C#N)CN(C)C(=O)OC(C)(C)C. The monoisotopic (exact) mass is 198 g/mol. The van der Waals surface area contributed by atoms with E-state index in [-0.39, 0.29) is 12.0 Å². The van der Waals surface area contributed by atoms with Gasteiger partial charge in [0.15, 0.2) is 0 Å². The van der Waals surface area contributed by atoms with Crippen LogP contribution in [0.1, 0.15) is 27.7 Å². The summed E-state index contributed by atoms with van der Waals surface area (Å²) in [4.78, 5) is 12.8. The molecule has 0 spiro atoms. The van der Waals surface area contributed by atoms with Crippen LogP contribution < -0.4 is 0 Å². The van der Waals surface area contributed by atoms with Crippen molar-refractivity contribution in [1.29, 1.82) is 5.26 Å². The molecule has 0 saturated heterocycles. The second-order valence-electron chi connectivity index (χ2n) is 4.39.